The molecule has 0 aliphatic heterocycles. The van der Waals surface area contributed by atoms with Crippen molar-refractivity contribution in [3.63, 3.8) is 0 Å². The highest BCUT2D eigenvalue weighted by Gasteiger charge is 2.19. The Balaban J connectivity index is 2.33. The molecule has 0 fully saturated rings. The third-order valence-electron chi connectivity index (χ3n) is 2.95. The molecular weight excluding hydrogens is 273 g/mol. The fourth-order valence-electron chi connectivity index (χ4n) is 1.69. The van der Waals surface area contributed by atoms with Crippen LogP contribution < -0.4 is 0 Å². The van der Waals surface area contributed by atoms with Gasteiger partial charge in [-0.2, -0.15) is 0 Å². The zero-order chi connectivity index (χ0) is 13.3. The van der Waals surface area contributed by atoms with Crippen molar-refractivity contribution in [1.29, 1.82) is 0 Å². The molecule has 0 saturated carbocycles. The van der Waals surface area contributed by atoms with Gasteiger partial charge in [0.25, 0.3) is 0 Å². The number of nitrogens with zero attached hydrogens (tertiary/aromatic N) is 2. The van der Waals surface area contributed by atoms with Crippen LogP contribution in [0.15, 0.2) is 18.2 Å². The molecule has 0 aliphatic carbocycles. The molecule has 1 aromatic heterocycles. The second-order valence-corrected chi connectivity index (χ2v) is 4.80. The Labute approximate surface area is 115 Å². The maximum atomic E-state index is 11.5. The van der Waals surface area contributed by atoms with Crippen molar-refractivity contribution < 1.29 is 4.79 Å². The number of carbonyl (C=O) groups excluding carboxylic acids is 1. The predicted molar refractivity (Wildman–Crippen MR) is 73.0 cm³/mol. The van der Waals surface area contributed by atoms with E-state index in [9.17, 15) is 4.79 Å². The molecule has 1 amide bonds. The number of rotatable bonds is 3. The van der Waals surface area contributed by atoms with Crippen molar-refractivity contribution in [3.05, 3.63) is 29.0 Å². The number of H-pyrrole nitrogens is 1. The Kier molecular flexibility index (Phi) is 3.78. The minimum absolute atomic E-state index is 0.0348. The average Bonchev–Trinajstić information content (AvgIpc) is 2.78. The quantitative estimate of drug-likeness (QED) is 0.882. The summed E-state index contributed by atoms with van der Waals surface area (Å²) in [6, 6.07) is 5.27. The van der Waals surface area contributed by atoms with Gasteiger partial charge in [-0.3, -0.25) is 4.79 Å². The van der Waals surface area contributed by atoms with Crippen LogP contribution in [-0.2, 0) is 4.79 Å². The first-order chi connectivity index (χ1) is 8.52. The van der Waals surface area contributed by atoms with Crippen LogP contribution in [0.2, 0.25) is 5.02 Å². The number of fused-ring (bicyclic) bond motifs is 1. The summed E-state index contributed by atoms with van der Waals surface area (Å²) >= 11 is 11.5. The molecule has 0 spiro atoms. The Morgan fingerprint density at radius 2 is 2.28 bits per heavy atom. The van der Waals surface area contributed by atoms with Crippen LogP contribution in [0.1, 0.15) is 18.8 Å². The third kappa shape index (κ3) is 2.44. The SMILES string of the molecule is CC(c1nc2ccc(Cl)cc2[nH]1)N(C)C(=O)CCl. The molecule has 0 saturated heterocycles. The van der Waals surface area contributed by atoms with E-state index in [-0.39, 0.29) is 17.8 Å². The van der Waals surface area contributed by atoms with E-state index in [4.69, 9.17) is 23.2 Å². The number of nitrogens with one attached hydrogen (secondary N) is 1. The van der Waals surface area contributed by atoms with Gasteiger partial charge >= 0.3 is 0 Å². The maximum Gasteiger partial charge on any atom is 0.237 e. The fourth-order valence-corrected chi connectivity index (χ4v) is 2.05. The van der Waals surface area contributed by atoms with E-state index in [0.29, 0.717) is 10.8 Å². The Morgan fingerprint density at radius 3 is 2.94 bits per heavy atom. The summed E-state index contributed by atoms with van der Waals surface area (Å²) in [6.07, 6.45) is 0. The van der Waals surface area contributed by atoms with Gasteiger partial charge in [-0.1, -0.05) is 11.6 Å². The zero-order valence-electron chi connectivity index (χ0n) is 10.1. The average molecular weight is 286 g/mol. The minimum atomic E-state index is -0.164. The molecule has 1 unspecified atom stereocenters. The molecule has 6 heteroatoms. The van der Waals surface area contributed by atoms with Gasteiger partial charge in [0.1, 0.15) is 11.7 Å². The lowest BCUT2D eigenvalue weighted by Gasteiger charge is -2.22. The van der Waals surface area contributed by atoms with Gasteiger partial charge in [-0.05, 0) is 25.1 Å². The van der Waals surface area contributed by atoms with Crippen LogP contribution >= 0.6 is 23.2 Å². The Bertz CT molecular complexity index is 582. The summed E-state index contributed by atoms with van der Waals surface area (Å²) in [7, 11) is 1.70. The first-order valence-electron chi connectivity index (χ1n) is 5.49. The second kappa shape index (κ2) is 5.16. The van der Waals surface area contributed by atoms with E-state index in [2.05, 4.69) is 9.97 Å². The summed E-state index contributed by atoms with van der Waals surface area (Å²) in [6.45, 7) is 1.89. The molecular formula is C12H13Cl2N3O. The van der Waals surface area contributed by atoms with Gasteiger partial charge in [0.15, 0.2) is 0 Å². The number of carbonyl (C=O) groups is 1. The lowest BCUT2D eigenvalue weighted by atomic mass is 10.3. The van der Waals surface area contributed by atoms with E-state index in [1.165, 1.54) is 0 Å². The molecule has 0 aliphatic rings. The number of amides is 1. The van der Waals surface area contributed by atoms with Gasteiger partial charge in [0.2, 0.25) is 5.91 Å². The van der Waals surface area contributed by atoms with Gasteiger partial charge in [-0.25, -0.2) is 4.98 Å². The van der Waals surface area contributed by atoms with Crippen molar-refractivity contribution in [3.8, 4) is 0 Å². The molecule has 1 aromatic carbocycles. The first-order valence-corrected chi connectivity index (χ1v) is 6.41. The number of aromatic nitrogens is 2. The summed E-state index contributed by atoms with van der Waals surface area (Å²) in [4.78, 5) is 20.7. The summed E-state index contributed by atoms with van der Waals surface area (Å²) < 4.78 is 0. The van der Waals surface area contributed by atoms with Crippen LogP contribution in [0.5, 0.6) is 0 Å². The van der Waals surface area contributed by atoms with Crippen molar-refractivity contribution >= 4 is 40.1 Å². The van der Waals surface area contributed by atoms with Gasteiger partial charge in [-0.15, -0.1) is 11.6 Å². The normalized spacial score (nSPS) is 12.7. The minimum Gasteiger partial charge on any atom is -0.340 e. The molecule has 96 valence electrons. The Morgan fingerprint density at radius 1 is 1.56 bits per heavy atom. The molecule has 1 atom stereocenters. The van der Waals surface area contributed by atoms with Crippen molar-refractivity contribution in [2.75, 3.05) is 12.9 Å². The molecule has 2 aromatic rings. The number of aromatic amines is 1. The predicted octanol–water partition coefficient (Wildman–Crippen LogP) is 2.97. The highest BCUT2D eigenvalue weighted by Crippen LogP contribution is 2.22. The first kappa shape index (κ1) is 13.2. The topological polar surface area (TPSA) is 49.0 Å². The van der Waals surface area contributed by atoms with E-state index in [0.717, 1.165) is 11.0 Å². The van der Waals surface area contributed by atoms with E-state index >= 15 is 0 Å². The molecule has 18 heavy (non-hydrogen) atoms. The molecule has 4 nitrogen and oxygen atoms in total. The number of halogens is 2. The Hall–Kier alpha value is -1.26. The van der Waals surface area contributed by atoms with E-state index < -0.39 is 0 Å². The van der Waals surface area contributed by atoms with Gasteiger partial charge < -0.3 is 9.88 Å². The zero-order valence-corrected chi connectivity index (χ0v) is 11.6. The maximum absolute atomic E-state index is 11.5. The molecule has 0 radical (unpaired) electrons. The number of alkyl halides is 1. The third-order valence-corrected chi connectivity index (χ3v) is 3.41. The molecule has 1 heterocycles. The van der Waals surface area contributed by atoms with Crippen LogP contribution in [0.25, 0.3) is 11.0 Å². The summed E-state index contributed by atoms with van der Waals surface area (Å²) in [5.41, 5.74) is 1.68. The summed E-state index contributed by atoms with van der Waals surface area (Å²) in [5, 5.41) is 0.649. The molecule has 1 N–H and O–H groups in total. The largest absolute Gasteiger partial charge is 0.340 e. The second-order valence-electron chi connectivity index (χ2n) is 4.10. The standard InChI is InChI=1S/C12H13Cl2N3O/c1-7(17(2)11(18)6-13)12-15-9-4-3-8(14)5-10(9)16-12/h3-5,7H,6H2,1-2H3,(H,15,16). The lowest BCUT2D eigenvalue weighted by Crippen LogP contribution is -2.31. The number of benzene rings is 1. The highest BCUT2D eigenvalue weighted by molar-refractivity contribution is 6.31. The monoisotopic (exact) mass is 285 g/mol. The van der Waals surface area contributed by atoms with E-state index in [1.54, 1.807) is 18.0 Å². The number of hydrogen-bond acceptors (Lipinski definition) is 2. The van der Waals surface area contributed by atoms with Crippen LogP contribution in [0.4, 0.5) is 0 Å². The van der Waals surface area contributed by atoms with Crippen LogP contribution in [0.3, 0.4) is 0 Å². The fraction of sp³-hybridized carbons (Fsp3) is 0.333. The highest BCUT2D eigenvalue weighted by atomic mass is 35.5. The van der Waals surface area contributed by atoms with Crippen LogP contribution in [0, 0.1) is 0 Å². The van der Waals surface area contributed by atoms with Gasteiger partial charge in [0, 0.05) is 12.1 Å². The smallest absolute Gasteiger partial charge is 0.237 e. The molecule has 2 rings (SSSR count). The lowest BCUT2D eigenvalue weighted by molar-refractivity contribution is -0.129. The van der Waals surface area contributed by atoms with E-state index in [1.807, 2.05) is 19.1 Å². The van der Waals surface area contributed by atoms with Crippen molar-refractivity contribution in [2.45, 2.75) is 13.0 Å². The van der Waals surface area contributed by atoms with Crippen molar-refractivity contribution in [1.82, 2.24) is 14.9 Å². The van der Waals surface area contributed by atoms with Crippen molar-refractivity contribution in [2.24, 2.45) is 0 Å². The molecule has 0 bridgehead atoms. The number of imidazole rings is 1. The van der Waals surface area contributed by atoms with Crippen LogP contribution in [-0.4, -0.2) is 33.7 Å². The summed E-state index contributed by atoms with van der Waals surface area (Å²) in [5.74, 6) is 0.545. The number of hydrogen-bond donors (Lipinski definition) is 1. The van der Waals surface area contributed by atoms with Gasteiger partial charge in [0.05, 0.1) is 17.1 Å².